The van der Waals surface area contributed by atoms with Crippen LogP contribution in [0.15, 0.2) is 30.3 Å². The predicted molar refractivity (Wildman–Crippen MR) is 75.9 cm³/mol. The van der Waals surface area contributed by atoms with Crippen LogP contribution in [-0.4, -0.2) is 24.2 Å². The van der Waals surface area contributed by atoms with Crippen LogP contribution < -0.4 is 5.32 Å². The highest BCUT2D eigenvalue weighted by molar-refractivity contribution is 5.77. The highest BCUT2D eigenvalue weighted by Gasteiger charge is 2.42. The Morgan fingerprint density at radius 3 is 2.58 bits per heavy atom. The first-order chi connectivity index (χ1) is 9.19. The van der Waals surface area contributed by atoms with E-state index in [2.05, 4.69) is 24.4 Å². The standard InChI is InChI=1S/C16H23NO2/c1-2-13(14-6-4-3-5-7-14)10-15(19)17-11-16(12-18)8-9-16/h3-7,13,18H,2,8-12H2,1H3,(H,17,19). The first-order valence-corrected chi connectivity index (χ1v) is 7.11. The first kappa shape index (κ1) is 14.1. The Hall–Kier alpha value is -1.35. The van der Waals surface area contributed by atoms with Crippen molar-refractivity contribution < 1.29 is 9.90 Å². The maximum Gasteiger partial charge on any atom is 0.220 e. The van der Waals surface area contributed by atoms with E-state index in [1.165, 1.54) is 5.56 Å². The minimum atomic E-state index is -0.00980. The lowest BCUT2D eigenvalue weighted by Crippen LogP contribution is -2.32. The van der Waals surface area contributed by atoms with E-state index in [0.29, 0.717) is 13.0 Å². The third-order valence-electron chi connectivity index (χ3n) is 4.15. The van der Waals surface area contributed by atoms with Crippen molar-refractivity contribution in [2.75, 3.05) is 13.2 Å². The van der Waals surface area contributed by atoms with Crippen LogP contribution in [0, 0.1) is 5.41 Å². The van der Waals surface area contributed by atoms with Gasteiger partial charge in [-0.25, -0.2) is 0 Å². The number of nitrogens with one attached hydrogen (secondary N) is 1. The molecular weight excluding hydrogens is 238 g/mol. The zero-order chi connectivity index (χ0) is 13.7. The minimum Gasteiger partial charge on any atom is -0.396 e. The molecule has 0 radical (unpaired) electrons. The number of amides is 1. The normalized spacial score (nSPS) is 17.8. The van der Waals surface area contributed by atoms with E-state index in [1.54, 1.807) is 0 Å². The molecule has 104 valence electrons. The van der Waals surface area contributed by atoms with E-state index in [0.717, 1.165) is 19.3 Å². The predicted octanol–water partition coefficient (Wildman–Crippen LogP) is 2.46. The lowest BCUT2D eigenvalue weighted by atomic mass is 9.93. The smallest absolute Gasteiger partial charge is 0.220 e. The summed E-state index contributed by atoms with van der Waals surface area (Å²) in [5, 5.41) is 12.2. The molecule has 1 fully saturated rings. The van der Waals surface area contributed by atoms with Crippen molar-refractivity contribution in [1.82, 2.24) is 5.32 Å². The molecule has 2 rings (SSSR count). The summed E-state index contributed by atoms with van der Waals surface area (Å²) in [4.78, 5) is 12.0. The number of aliphatic hydroxyl groups is 1. The lowest BCUT2D eigenvalue weighted by molar-refractivity contribution is -0.121. The van der Waals surface area contributed by atoms with E-state index < -0.39 is 0 Å². The van der Waals surface area contributed by atoms with Gasteiger partial charge in [-0.1, -0.05) is 37.3 Å². The highest BCUT2D eigenvalue weighted by Crippen LogP contribution is 2.44. The summed E-state index contributed by atoms with van der Waals surface area (Å²) in [6.07, 6.45) is 3.55. The van der Waals surface area contributed by atoms with Gasteiger partial charge in [-0.2, -0.15) is 0 Å². The maximum atomic E-state index is 12.0. The van der Waals surface area contributed by atoms with E-state index >= 15 is 0 Å². The van der Waals surface area contributed by atoms with Crippen molar-refractivity contribution in [3.8, 4) is 0 Å². The lowest BCUT2D eigenvalue weighted by Gasteiger charge is -2.17. The van der Waals surface area contributed by atoms with Gasteiger partial charge in [0.1, 0.15) is 0 Å². The van der Waals surface area contributed by atoms with Gasteiger partial charge in [0.15, 0.2) is 0 Å². The van der Waals surface area contributed by atoms with Crippen LogP contribution in [0.1, 0.15) is 44.1 Å². The number of benzene rings is 1. The molecule has 19 heavy (non-hydrogen) atoms. The van der Waals surface area contributed by atoms with E-state index in [9.17, 15) is 9.90 Å². The number of hydrogen-bond donors (Lipinski definition) is 2. The molecule has 3 nitrogen and oxygen atoms in total. The summed E-state index contributed by atoms with van der Waals surface area (Å²) in [6.45, 7) is 2.91. The van der Waals surface area contributed by atoms with Gasteiger partial charge < -0.3 is 10.4 Å². The number of aliphatic hydroxyl groups excluding tert-OH is 1. The van der Waals surface area contributed by atoms with Gasteiger partial charge in [-0.15, -0.1) is 0 Å². The first-order valence-electron chi connectivity index (χ1n) is 7.11. The fourth-order valence-electron chi connectivity index (χ4n) is 2.37. The molecule has 1 saturated carbocycles. The molecule has 1 unspecified atom stereocenters. The summed E-state index contributed by atoms with van der Waals surface area (Å²) in [5.74, 6) is 0.376. The van der Waals surface area contributed by atoms with Gasteiger partial charge in [-0.3, -0.25) is 4.79 Å². The van der Waals surface area contributed by atoms with Crippen LogP contribution >= 0.6 is 0 Å². The van der Waals surface area contributed by atoms with Crippen LogP contribution in [0.4, 0.5) is 0 Å². The molecule has 0 saturated heterocycles. The molecule has 0 bridgehead atoms. The van der Waals surface area contributed by atoms with E-state index in [-0.39, 0.29) is 23.8 Å². The SMILES string of the molecule is CCC(CC(=O)NCC1(CO)CC1)c1ccccc1. The van der Waals surface area contributed by atoms with Crippen LogP contribution in [-0.2, 0) is 4.79 Å². The van der Waals surface area contributed by atoms with Crippen LogP contribution in [0.3, 0.4) is 0 Å². The van der Waals surface area contributed by atoms with Gasteiger partial charge >= 0.3 is 0 Å². The third-order valence-corrected chi connectivity index (χ3v) is 4.15. The molecule has 2 N–H and O–H groups in total. The summed E-state index contributed by atoms with van der Waals surface area (Å²) in [7, 11) is 0. The molecule has 1 aromatic carbocycles. The second-order valence-electron chi connectivity index (χ2n) is 5.65. The monoisotopic (exact) mass is 261 g/mol. The fourth-order valence-corrected chi connectivity index (χ4v) is 2.37. The molecular formula is C16H23NO2. The number of carbonyl (C=O) groups excluding carboxylic acids is 1. The maximum absolute atomic E-state index is 12.0. The Morgan fingerprint density at radius 2 is 2.05 bits per heavy atom. The zero-order valence-electron chi connectivity index (χ0n) is 11.6. The quantitative estimate of drug-likeness (QED) is 0.792. The Balaban J connectivity index is 1.83. The van der Waals surface area contributed by atoms with Gasteiger partial charge in [-0.05, 0) is 30.7 Å². The molecule has 0 spiro atoms. The van der Waals surface area contributed by atoms with E-state index in [4.69, 9.17) is 0 Å². The summed E-state index contributed by atoms with van der Waals surface area (Å²) in [5.41, 5.74) is 1.22. The van der Waals surface area contributed by atoms with Gasteiger partial charge in [0, 0.05) is 18.4 Å². The Bertz CT molecular complexity index is 412. The van der Waals surface area contributed by atoms with Gasteiger partial charge in [0.25, 0.3) is 0 Å². The van der Waals surface area contributed by atoms with Crippen molar-refractivity contribution in [3.63, 3.8) is 0 Å². The van der Waals surface area contributed by atoms with Crippen molar-refractivity contribution in [2.45, 2.75) is 38.5 Å². The second kappa shape index (κ2) is 6.20. The Labute approximate surface area is 115 Å². The minimum absolute atomic E-state index is 0.00980. The van der Waals surface area contributed by atoms with Crippen LogP contribution in [0.25, 0.3) is 0 Å². The highest BCUT2D eigenvalue weighted by atomic mass is 16.3. The summed E-state index contributed by atoms with van der Waals surface area (Å²) >= 11 is 0. The average molecular weight is 261 g/mol. The summed E-state index contributed by atoms with van der Waals surface area (Å²) in [6, 6.07) is 10.2. The van der Waals surface area contributed by atoms with Crippen LogP contribution in [0.5, 0.6) is 0 Å². The number of rotatable bonds is 7. The molecule has 1 aliphatic carbocycles. The van der Waals surface area contributed by atoms with Crippen molar-refractivity contribution in [2.24, 2.45) is 5.41 Å². The molecule has 1 atom stereocenters. The topological polar surface area (TPSA) is 49.3 Å². The average Bonchev–Trinajstić information content (AvgIpc) is 3.24. The molecule has 0 aliphatic heterocycles. The van der Waals surface area contributed by atoms with Gasteiger partial charge in [0.2, 0.25) is 5.91 Å². The van der Waals surface area contributed by atoms with Crippen molar-refractivity contribution in [1.29, 1.82) is 0 Å². The van der Waals surface area contributed by atoms with Crippen molar-refractivity contribution >= 4 is 5.91 Å². The second-order valence-corrected chi connectivity index (χ2v) is 5.65. The summed E-state index contributed by atoms with van der Waals surface area (Å²) < 4.78 is 0. The molecule has 1 aromatic rings. The van der Waals surface area contributed by atoms with Gasteiger partial charge in [0.05, 0.1) is 6.61 Å². The number of hydrogen-bond acceptors (Lipinski definition) is 2. The molecule has 0 aromatic heterocycles. The Morgan fingerprint density at radius 1 is 1.37 bits per heavy atom. The zero-order valence-corrected chi connectivity index (χ0v) is 11.6. The molecule has 0 heterocycles. The third kappa shape index (κ3) is 3.80. The molecule has 1 amide bonds. The van der Waals surface area contributed by atoms with Crippen molar-refractivity contribution in [3.05, 3.63) is 35.9 Å². The number of carbonyl (C=O) groups is 1. The largest absolute Gasteiger partial charge is 0.396 e. The molecule has 1 aliphatic rings. The fraction of sp³-hybridized carbons (Fsp3) is 0.562. The Kier molecular flexibility index (Phi) is 4.59. The molecule has 3 heteroatoms. The van der Waals surface area contributed by atoms with E-state index in [1.807, 2.05) is 18.2 Å². The van der Waals surface area contributed by atoms with Crippen LogP contribution in [0.2, 0.25) is 0 Å².